The number of rotatable bonds is 5. The van der Waals surface area contributed by atoms with Crippen LogP contribution >= 0.6 is 0 Å². The monoisotopic (exact) mass is 456 g/mol. The Labute approximate surface area is 205 Å². The van der Waals surface area contributed by atoms with Crippen LogP contribution in [-0.4, -0.2) is 17.0 Å². The van der Waals surface area contributed by atoms with Gasteiger partial charge in [-0.15, -0.1) is 0 Å². The van der Waals surface area contributed by atoms with Crippen molar-refractivity contribution in [2.24, 2.45) is 11.8 Å². The van der Waals surface area contributed by atoms with Crippen LogP contribution < -0.4 is 10.6 Å². The molecule has 4 fully saturated rings. The maximum Gasteiger partial charge on any atom is 0.252 e. The molecule has 2 N–H and O–H groups in total. The van der Waals surface area contributed by atoms with E-state index in [0.29, 0.717) is 11.8 Å². The number of carbonyl (C=O) groups is 1. The van der Waals surface area contributed by atoms with Crippen molar-refractivity contribution in [3.8, 4) is 0 Å². The van der Waals surface area contributed by atoms with Crippen LogP contribution in [0, 0.1) is 53.4 Å². The summed E-state index contributed by atoms with van der Waals surface area (Å²) in [5.41, 5.74) is 10.3. The predicted molar refractivity (Wildman–Crippen MR) is 141 cm³/mol. The molecule has 2 aromatic carbocycles. The van der Waals surface area contributed by atoms with Crippen molar-refractivity contribution in [1.29, 1.82) is 0 Å². The van der Waals surface area contributed by atoms with Gasteiger partial charge in [-0.05, 0) is 114 Å². The fraction of sp³-hybridized carbons (Fsp3) is 0.516. The van der Waals surface area contributed by atoms with E-state index in [9.17, 15) is 4.79 Å². The van der Waals surface area contributed by atoms with Crippen molar-refractivity contribution >= 4 is 11.6 Å². The Morgan fingerprint density at radius 3 is 1.62 bits per heavy atom. The van der Waals surface area contributed by atoms with E-state index >= 15 is 0 Å². The molecular formula is C31H40N2O. The van der Waals surface area contributed by atoms with Gasteiger partial charge >= 0.3 is 0 Å². The second-order valence-corrected chi connectivity index (χ2v) is 12.1. The lowest BCUT2D eigenvalue weighted by atomic mass is 9.49. The standard InChI is InChI=1S/C31H40N2O/c1-18-8-20(3)27(21(4)9-18)24(7)32-30-13-25-12-26(14-30)16-31(15-25,17-30)33-29(34)28-22(5)10-19(2)11-23(28)6/h8-11,25-26,32H,7,12-17H2,1-6H3,(H,33,34). The molecule has 0 saturated heterocycles. The molecule has 34 heavy (non-hydrogen) atoms. The summed E-state index contributed by atoms with van der Waals surface area (Å²) in [6, 6.07) is 8.76. The van der Waals surface area contributed by atoms with Crippen molar-refractivity contribution in [1.82, 2.24) is 10.6 Å². The zero-order valence-electron chi connectivity index (χ0n) is 21.8. The van der Waals surface area contributed by atoms with E-state index in [-0.39, 0.29) is 17.0 Å². The highest BCUT2D eigenvalue weighted by Crippen LogP contribution is 2.58. The van der Waals surface area contributed by atoms with Gasteiger partial charge in [-0.3, -0.25) is 4.79 Å². The third kappa shape index (κ3) is 3.97. The number of carbonyl (C=O) groups excluding carboxylic acids is 1. The molecule has 0 aromatic heterocycles. The van der Waals surface area contributed by atoms with E-state index < -0.39 is 0 Å². The van der Waals surface area contributed by atoms with Gasteiger partial charge in [0.25, 0.3) is 5.91 Å². The van der Waals surface area contributed by atoms with E-state index in [1.807, 2.05) is 0 Å². The molecular weight excluding hydrogens is 416 g/mol. The first-order chi connectivity index (χ1) is 16.0. The Hall–Kier alpha value is -2.55. The van der Waals surface area contributed by atoms with Gasteiger partial charge in [0.1, 0.15) is 0 Å². The van der Waals surface area contributed by atoms with Gasteiger partial charge in [0.05, 0.1) is 0 Å². The average molecular weight is 457 g/mol. The SMILES string of the molecule is C=C(NC12CC3CC(C1)CC(NC(=O)c1c(C)cc(C)cc1C)(C3)C2)c1c(C)cc(C)cc1C. The zero-order valence-corrected chi connectivity index (χ0v) is 21.8. The smallest absolute Gasteiger partial charge is 0.252 e. The minimum Gasteiger partial charge on any atom is -0.379 e. The quantitative estimate of drug-likeness (QED) is 0.531. The molecule has 0 radical (unpaired) electrons. The molecule has 6 rings (SSSR count). The van der Waals surface area contributed by atoms with E-state index in [1.54, 1.807) is 0 Å². The first-order valence-electron chi connectivity index (χ1n) is 12.9. The van der Waals surface area contributed by atoms with Crippen LogP contribution in [0.25, 0.3) is 5.70 Å². The molecule has 4 saturated carbocycles. The fourth-order valence-electron chi connectivity index (χ4n) is 8.44. The molecule has 0 spiro atoms. The van der Waals surface area contributed by atoms with Crippen LogP contribution in [0.1, 0.15) is 87.8 Å². The molecule has 1 amide bonds. The molecule has 3 heteroatoms. The van der Waals surface area contributed by atoms with E-state index in [0.717, 1.165) is 41.6 Å². The van der Waals surface area contributed by atoms with Crippen LogP contribution in [0.5, 0.6) is 0 Å². The number of nitrogens with one attached hydrogen (secondary N) is 2. The Balaban J connectivity index is 1.42. The summed E-state index contributed by atoms with van der Waals surface area (Å²) in [5, 5.41) is 7.57. The van der Waals surface area contributed by atoms with Gasteiger partial charge in [-0.1, -0.05) is 42.0 Å². The largest absolute Gasteiger partial charge is 0.379 e. The minimum absolute atomic E-state index is 0.0234. The van der Waals surface area contributed by atoms with Crippen molar-refractivity contribution < 1.29 is 4.79 Å². The molecule has 2 unspecified atom stereocenters. The van der Waals surface area contributed by atoms with Crippen LogP contribution in [0.2, 0.25) is 0 Å². The maximum atomic E-state index is 13.6. The summed E-state index contributed by atoms with van der Waals surface area (Å²) in [6.45, 7) is 17.3. The number of benzene rings is 2. The van der Waals surface area contributed by atoms with Crippen LogP contribution in [0.3, 0.4) is 0 Å². The van der Waals surface area contributed by atoms with Crippen molar-refractivity contribution in [3.05, 3.63) is 75.4 Å². The number of hydrogen-bond acceptors (Lipinski definition) is 2. The highest BCUT2D eigenvalue weighted by Gasteiger charge is 2.58. The first-order valence-corrected chi connectivity index (χ1v) is 12.9. The van der Waals surface area contributed by atoms with E-state index in [2.05, 4.69) is 83.0 Å². The summed E-state index contributed by atoms with van der Waals surface area (Å²) in [4.78, 5) is 13.6. The highest BCUT2D eigenvalue weighted by atomic mass is 16.1. The maximum absolute atomic E-state index is 13.6. The summed E-state index contributed by atoms with van der Waals surface area (Å²) in [7, 11) is 0. The minimum atomic E-state index is -0.115. The lowest BCUT2D eigenvalue weighted by Gasteiger charge is -2.62. The Bertz CT molecular complexity index is 1040. The van der Waals surface area contributed by atoms with E-state index in [1.165, 1.54) is 47.1 Å². The normalized spacial score (nSPS) is 29.2. The van der Waals surface area contributed by atoms with Gasteiger partial charge in [-0.2, -0.15) is 0 Å². The topological polar surface area (TPSA) is 41.1 Å². The van der Waals surface area contributed by atoms with Crippen LogP contribution in [0.4, 0.5) is 0 Å². The van der Waals surface area contributed by atoms with Crippen molar-refractivity contribution in [3.63, 3.8) is 0 Å². The third-order valence-corrected chi connectivity index (χ3v) is 8.74. The second kappa shape index (κ2) is 8.00. The molecule has 4 aliphatic carbocycles. The molecule has 0 heterocycles. The van der Waals surface area contributed by atoms with Gasteiger partial charge in [0, 0.05) is 27.9 Å². The summed E-state index contributed by atoms with van der Waals surface area (Å²) in [5.74, 6) is 1.45. The molecule has 3 nitrogen and oxygen atoms in total. The Kier molecular flexibility index (Phi) is 5.46. The van der Waals surface area contributed by atoms with Crippen LogP contribution in [0.15, 0.2) is 30.8 Å². The molecule has 4 aliphatic rings. The molecule has 180 valence electrons. The molecule has 4 bridgehead atoms. The van der Waals surface area contributed by atoms with Gasteiger partial charge in [0.2, 0.25) is 0 Å². The zero-order chi connectivity index (χ0) is 24.4. The number of amides is 1. The lowest BCUT2D eigenvalue weighted by molar-refractivity contribution is -0.0417. The second-order valence-electron chi connectivity index (χ2n) is 12.1. The number of hydrogen-bond donors (Lipinski definition) is 2. The molecule has 2 aromatic rings. The van der Waals surface area contributed by atoms with Gasteiger partial charge < -0.3 is 10.6 Å². The summed E-state index contributed by atoms with van der Waals surface area (Å²) < 4.78 is 0. The van der Waals surface area contributed by atoms with Crippen LogP contribution in [-0.2, 0) is 0 Å². The fourth-order valence-corrected chi connectivity index (χ4v) is 8.44. The molecule has 0 aliphatic heterocycles. The predicted octanol–water partition coefficient (Wildman–Crippen LogP) is 6.62. The third-order valence-electron chi connectivity index (χ3n) is 8.74. The van der Waals surface area contributed by atoms with Gasteiger partial charge in [0.15, 0.2) is 0 Å². The van der Waals surface area contributed by atoms with E-state index in [4.69, 9.17) is 0 Å². The summed E-state index contributed by atoms with van der Waals surface area (Å²) >= 11 is 0. The number of aryl methyl sites for hydroxylation is 6. The first kappa shape index (κ1) is 23.2. The van der Waals surface area contributed by atoms with Crippen molar-refractivity contribution in [2.75, 3.05) is 0 Å². The highest BCUT2D eigenvalue weighted by molar-refractivity contribution is 5.97. The summed E-state index contributed by atoms with van der Waals surface area (Å²) in [6.07, 6.45) is 6.89. The Morgan fingerprint density at radius 1 is 0.735 bits per heavy atom. The lowest BCUT2D eigenvalue weighted by Crippen LogP contribution is -2.69. The molecule has 2 atom stereocenters. The van der Waals surface area contributed by atoms with Crippen molar-refractivity contribution in [2.45, 2.75) is 91.1 Å². The average Bonchev–Trinajstić information content (AvgIpc) is 2.64. The Morgan fingerprint density at radius 2 is 1.15 bits per heavy atom. The van der Waals surface area contributed by atoms with Gasteiger partial charge in [-0.25, -0.2) is 0 Å².